The van der Waals surface area contributed by atoms with Crippen LogP contribution in [0.3, 0.4) is 0 Å². The normalized spacial score (nSPS) is 11.9. The molecule has 0 atom stereocenters. The zero-order chi connectivity index (χ0) is 23.1. The van der Waals surface area contributed by atoms with E-state index in [0.29, 0.717) is 11.1 Å². The molecule has 0 unspecified atom stereocenters. The van der Waals surface area contributed by atoms with Crippen molar-refractivity contribution in [2.75, 3.05) is 0 Å². The molecular formula is C20H24F3N3O4S. The number of hydrogen-bond acceptors (Lipinski definition) is 4. The third-order valence-corrected chi connectivity index (χ3v) is 5.48. The molecule has 0 heterocycles. The molecule has 0 fully saturated rings. The minimum absolute atomic E-state index is 0.0416. The number of halogens is 3. The first-order chi connectivity index (χ1) is 14.5. The van der Waals surface area contributed by atoms with Crippen molar-refractivity contribution < 1.29 is 31.1 Å². The first kappa shape index (κ1) is 24.5. The summed E-state index contributed by atoms with van der Waals surface area (Å²) in [6.45, 7) is 3.28. The van der Waals surface area contributed by atoms with Crippen LogP contribution in [0.15, 0.2) is 48.5 Å². The van der Waals surface area contributed by atoms with E-state index in [1.807, 2.05) is 0 Å². The predicted molar refractivity (Wildman–Crippen MR) is 110 cm³/mol. The second-order valence-corrected chi connectivity index (χ2v) is 8.75. The maximum Gasteiger partial charge on any atom is 0.573 e. The molecule has 11 heteroatoms. The van der Waals surface area contributed by atoms with Crippen molar-refractivity contribution in [1.82, 2.24) is 15.4 Å². The van der Waals surface area contributed by atoms with Crippen molar-refractivity contribution in [2.24, 2.45) is 0 Å². The number of hydrogen-bond donors (Lipinski definition) is 3. The van der Waals surface area contributed by atoms with Crippen molar-refractivity contribution in [3.63, 3.8) is 0 Å². The van der Waals surface area contributed by atoms with Crippen molar-refractivity contribution >= 4 is 16.1 Å². The maximum atomic E-state index is 12.5. The second kappa shape index (κ2) is 10.5. The number of sulfonamides is 1. The standard InChI is InChI=1S/C20H24F3N3O4S/c1-14(2)26-31(28,29)13-17-9-4-3-7-15(17)11-24-19(27)25-12-16-8-5-6-10-18(16)30-20(21,22)23/h3-10,14,26H,11-13H2,1-2H3,(H2,24,25,27). The number of nitrogens with one attached hydrogen (secondary N) is 3. The Bertz CT molecular complexity index is 995. The monoisotopic (exact) mass is 459 g/mol. The van der Waals surface area contributed by atoms with Gasteiger partial charge in [0, 0.05) is 24.7 Å². The van der Waals surface area contributed by atoms with Crippen LogP contribution in [0.5, 0.6) is 5.75 Å². The lowest BCUT2D eigenvalue weighted by atomic mass is 10.1. The molecular weight excluding hydrogens is 435 g/mol. The third kappa shape index (κ3) is 8.85. The lowest BCUT2D eigenvalue weighted by molar-refractivity contribution is -0.274. The summed E-state index contributed by atoms with van der Waals surface area (Å²) in [5.41, 5.74) is 1.29. The molecule has 2 amide bonds. The van der Waals surface area contributed by atoms with E-state index in [-0.39, 0.29) is 30.4 Å². The number of carbonyl (C=O) groups excluding carboxylic acids is 1. The third-order valence-electron chi connectivity index (χ3n) is 3.96. The highest BCUT2D eigenvalue weighted by Crippen LogP contribution is 2.26. The number of urea groups is 1. The Hall–Kier alpha value is -2.79. The van der Waals surface area contributed by atoms with Crippen LogP contribution in [-0.4, -0.2) is 26.9 Å². The summed E-state index contributed by atoms with van der Waals surface area (Å²) >= 11 is 0. The molecule has 2 aromatic rings. The molecule has 0 aliphatic rings. The zero-order valence-corrected chi connectivity index (χ0v) is 17.8. The zero-order valence-electron chi connectivity index (χ0n) is 17.0. The highest BCUT2D eigenvalue weighted by molar-refractivity contribution is 7.88. The summed E-state index contributed by atoms with van der Waals surface area (Å²) < 4.78 is 68.3. The van der Waals surface area contributed by atoms with Crippen molar-refractivity contribution in [3.05, 3.63) is 65.2 Å². The van der Waals surface area contributed by atoms with Crippen molar-refractivity contribution in [3.8, 4) is 5.75 Å². The molecule has 0 aromatic heterocycles. The quantitative estimate of drug-likeness (QED) is 0.536. The number of carbonyl (C=O) groups is 1. The van der Waals surface area contributed by atoms with Gasteiger partial charge in [-0.05, 0) is 31.0 Å². The van der Waals surface area contributed by atoms with Crippen LogP contribution in [0.25, 0.3) is 0 Å². The number of rotatable bonds is 9. The Morgan fingerprint density at radius 3 is 2.03 bits per heavy atom. The molecule has 7 nitrogen and oxygen atoms in total. The molecule has 170 valence electrons. The molecule has 31 heavy (non-hydrogen) atoms. The first-order valence-corrected chi connectivity index (χ1v) is 11.0. The molecule has 3 N–H and O–H groups in total. The largest absolute Gasteiger partial charge is 0.573 e. The van der Waals surface area contributed by atoms with E-state index in [4.69, 9.17) is 0 Å². The van der Waals surface area contributed by atoms with Gasteiger partial charge in [0.2, 0.25) is 10.0 Å². The summed E-state index contributed by atoms with van der Waals surface area (Å²) in [5, 5.41) is 5.04. The molecule has 2 rings (SSSR count). The smallest absolute Gasteiger partial charge is 0.405 e. The van der Waals surface area contributed by atoms with E-state index in [0.717, 1.165) is 6.07 Å². The summed E-state index contributed by atoms with van der Waals surface area (Å²) in [6, 6.07) is 11.4. The van der Waals surface area contributed by atoms with E-state index in [2.05, 4.69) is 20.1 Å². The maximum absolute atomic E-state index is 12.5. The van der Waals surface area contributed by atoms with Crippen molar-refractivity contribution in [1.29, 1.82) is 0 Å². The lowest BCUT2D eigenvalue weighted by Crippen LogP contribution is -2.35. The van der Waals surface area contributed by atoms with Gasteiger partial charge in [0.1, 0.15) is 5.75 Å². The van der Waals surface area contributed by atoms with Gasteiger partial charge in [0.05, 0.1) is 5.75 Å². The van der Waals surface area contributed by atoms with Gasteiger partial charge >= 0.3 is 12.4 Å². The van der Waals surface area contributed by atoms with Crippen LogP contribution in [0, 0.1) is 0 Å². The molecule has 0 radical (unpaired) electrons. The van der Waals surface area contributed by atoms with Gasteiger partial charge in [0.15, 0.2) is 0 Å². The minimum atomic E-state index is -4.84. The fourth-order valence-corrected chi connectivity index (χ4v) is 4.26. The first-order valence-electron chi connectivity index (χ1n) is 9.37. The molecule has 0 bridgehead atoms. The van der Waals surface area contributed by atoms with Gasteiger partial charge in [-0.3, -0.25) is 0 Å². The molecule has 0 aliphatic carbocycles. The minimum Gasteiger partial charge on any atom is -0.405 e. The van der Waals surface area contributed by atoms with Gasteiger partial charge in [-0.25, -0.2) is 17.9 Å². The summed E-state index contributed by atoms with van der Waals surface area (Å²) in [7, 11) is -3.55. The average Bonchev–Trinajstić information content (AvgIpc) is 2.64. The Labute approximate surface area is 179 Å². The second-order valence-electron chi connectivity index (χ2n) is 6.99. The topological polar surface area (TPSA) is 96.5 Å². The Morgan fingerprint density at radius 2 is 1.45 bits per heavy atom. The van der Waals surface area contributed by atoms with Crippen LogP contribution in [0.4, 0.5) is 18.0 Å². The van der Waals surface area contributed by atoms with Gasteiger partial charge in [-0.15, -0.1) is 13.2 Å². The van der Waals surface area contributed by atoms with Crippen LogP contribution >= 0.6 is 0 Å². The number of amides is 2. The fourth-order valence-electron chi connectivity index (χ4n) is 2.76. The molecule has 0 aliphatic heterocycles. The van der Waals surface area contributed by atoms with Crippen LogP contribution in [-0.2, 0) is 28.9 Å². The van der Waals surface area contributed by atoms with Gasteiger partial charge in [-0.1, -0.05) is 42.5 Å². The Morgan fingerprint density at radius 1 is 0.935 bits per heavy atom. The SMILES string of the molecule is CC(C)NS(=O)(=O)Cc1ccccc1CNC(=O)NCc1ccccc1OC(F)(F)F. The molecule has 0 saturated heterocycles. The van der Waals surface area contributed by atoms with E-state index in [1.54, 1.807) is 38.1 Å². The Balaban J connectivity index is 1.96. The Kier molecular flexibility index (Phi) is 8.28. The molecule has 0 spiro atoms. The van der Waals surface area contributed by atoms with E-state index < -0.39 is 28.2 Å². The number of benzene rings is 2. The van der Waals surface area contributed by atoms with Gasteiger partial charge < -0.3 is 15.4 Å². The molecule has 0 saturated carbocycles. The summed E-state index contributed by atoms with van der Waals surface area (Å²) in [4.78, 5) is 12.1. The molecule has 2 aromatic carbocycles. The number of para-hydroxylation sites is 1. The highest BCUT2D eigenvalue weighted by Gasteiger charge is 2.32. The summed E-state index contributed by atoms with van der Waals surface area (Å²) in [6.07, 6.45) is -4.84. The predicted octanol–water partition coefficient (Wildman–Crippen LogP) is 3.41. The fraction of sp³-hybridized carbons (Fsp3) is 0.350. The average molecular weight is 459 g/mol. The lowest BCUT2D eigenvalue weighted by Gasteiger charge is -2.15. The summed E-state index contributed by atoms with van der Waals surface area (Å²) in [5.74, 6) is -0.643. The number of ether oxygens (including phenoxy) is 1. The van der Waals surface area contributed by atoms with Gasteiger partial charge in [0.25, 0.3) is 0 Å². The van der Waals surface area contributed by atoms with E-state index in [1.165, 1.54) is 18.2 Å². The van der Waals surface area contributed by atoms with Crippen LogP contribution in [0.1, 0.15) is 30.5 Å². The van der Waals surface area contributed by atoms with Crippen molar-refractivity contribution in [2.45, 2.75) is 45.1 Å². The van der Waals surface area contributed by atoms with E-state index in [9.17, 15) is 26.4 Å². The van der Waals surface area contributed by atoms with Crippen LogP contribution < -0.4 is 20.1 Å². The highest BCUT2D eigenvalue weighted by atomic mass is 32.2. The number of alkyl halides is 3. The van der Waals surface area contributed by atoms with Gasteiger partial charge in [-0.2, -0.15) is 0 Å². The van der Waals surface area contributed by atoms with E-state index >= 15 is 0 Å². The van der Waals surface area contributed by atoms with Crippen LogP contribution in [0.2, 0.25) is 0 Å².